The van der Waals surface area contributed by atoms with E-state index in [9.17, 15) is 9.90 Å². The number of carbonyl (C=O) groups excluding carboxylic acids is 1. The van der Waals surface area contributed by atoms with Gasteiger partial charge in [0.2, 0.25) is 0 Å². The van der Waals surface area contributed by atoms with Gasteiger partial charge < -0.3 is 5.11 Å². The highest BCUT2D eigenvalue weighted by atomic mass is 32.2. The Morgan fingerprint density at radius 1 is 1.36 bits per heavy atom. The van der Waals surface area contributed by atoms with E-state index in [4.69, 9.17) is 0 Å². The standard InChI is InChI=1S/C17H22N2O2S/c1-11-4-2-7-14-16(11)18-15(19-17(14)21)10-22-13-6-3-5-12(8-13)9-20/h2,4,7,12-14,20H,3,5-6,8-10H2,1H3/t12-,13+,14?/m1/s1. The van der Waals surface area contributed by atoms with E-state index in [0.29, 0.717) is 22.8 Å². The van der Waals surface area contributed by atoms with Crippen molar-refractivity contribution in [1.82, 2.24) is 0 Å². The van der Waals surface area contributed by atoms with E-state index >= 15 is 0 Å². The minimum absolute atomic E-state index is 0.0961. The Balaban J connectivity index is 1.62. The summed E-state index contributed by atoms with van der Waals surface area (Å²) in [5.74, 6) is 1.39. The van der Waals surface area contributed by atoms with Gasteiger partial charge in [0, 0.05) is 11.9 Å². The Kier molecular flexibility index (Phi) is 4.93. The molecule has 3 atom stereocenters. The highest BCUT2D eigenvalue weighted by Gasteiger charge is 2.29. The fourth-order valence-corrected chi connectivity index (χ4v) is 4.52. The molecule has 0 radical (unpaired) electrons. The van der Waals surface area contributed by atoms with E-state index < -0.39 is 0 Å². The van der Waals surface area contributed by atoms with Crippen molar-refractivity contribution in [3.05, 3.63) is 23.8 Å². The van der Waals surface area contributed by atoms with E-state index in [1.165, 1.54) is 12.8 Å². The molecule has 2 aliphatic carbocycles. The Morgan fingerprint density at radius 2 is 2.23 bits per heavy atom. The van der Waals surface area contributed by atoms with Gasteiger partial charge >= 0.3 is 0 Å². The summed E-state index contributed by atoms with van der Waals surface area (Å²) >= 11 is 1.83. The molecule has 3 aliphatic rings. The summed E-state index contributed by atoms with van der Waals surface area (Å²) in [6.45, 7) is 2.28. The van der Waals surface area contributed by atoms with Crippen LogP contribution < -0.4 is 0 Å². The third-order valence-corrected chi connectivity index (χ3v) is 5.87. The highest BCUT2D eigenvalue weighted by Crippen LogP contribution is 2.32. The zero-order valence-corrected chi connectivity index (χ0v) is 13.7. The molecule has 4 nitrogen and oxygen atoms in total. The lowest BCUT2D eigenvalue weighted by atomic mass is 9.90. The molecule has 1 heterocycles. The molecule has 1 unspecified atom stereocenters. The van der Waals surface area contributed by atoms with E-state index in [-0.39, 0.29) is 18.4 Å². The van der Waals surface area contributed by atoms with Gasteiger partial charge in [-0.3, -0.25) is 4.79 Å². The molecule has 0 aromatic rings. The zero-order chi connectivity index (χ0) is 15.5. The smallest absolute Gasteiger partial charge is 0.260 e. The number of hydrogen-bond donors (Lipinski definition) is 1. The first kappa shape index (κ1) is 15.7. The van der Waals surface area contributed by atoms with Gasteiger partial charge in [-0.25, -0.2) is 4.99 Å². The first-order valence-corrected chi connectivity index (χ1v) is 9.00. The molecule has 1 saturated carbocycles. The zero-order valence-electron chi connectivity index (χ0n) is 12.9. The first-order valence-electron chi connectivity index (χ1n) is 7.95. The van der Waals surface area contributed by atoms with E-state index in [1.54, 1.807) is 0 Å². The van der Waals surface area contributed by atoms with Crippen LogP contribution >= 0.6 is 11.8 Å². The number of nitrogens with zero attached hydrogens (tertiary/aromatic N) is 2. The van der Waals surface area contributed by atoms with Crippen molar-refractivity contribution >= 4 is 29.2 Å². The molecule has 22 heavy (non-hydrogen) atoms. The highest BCUT2D eigenvalue weighted by molar-refractivity contribution is 8.00. The Bertz CT molecular complexity index is 577. The monoisotopic (exact) mass is 318 g/mol. The number of carbonyl (C=O) groups is 1. The van der Waals surface area contributed by atoms with Gasteiger partial charge in [0.1, 0.15) is 11.8 Å². The number of amides is 1. The normalized spacial score (nSPS) is 31.3. The molecule has 0 aromatic heterocycles. The van der Waals surface area contributed by atoms with Crippen molar-refractivity contribution in [1.29, 1.82) is 0 Å². The van der Waals surface area contributed by atoms with Gasteiger partial charge in [-0.15, -0.1) is 0 Å². The molecular weight excluding hydrogens is 296 g/mol. The number of fused-ring (bicyclic) bond motifs is 1. The first-order chi connectivity index (χ1) is 10.7. The molecule has 0 saturated heterocycles. The number of aliphatic hydroxyl groups is 1. The van der Waals surface area contributed by atoms with E-state index in [1.807, 2.05) is 36.9 Å². The third-order valence-electron chi connectivity index (χ3n) is 4.54. The van der Waals surface area contributed by atoms with Crippen LogP contribution in [0.5, 0.6) is 0 Å². The van der Waals surface area contributed by atoms with Crippen molar-refractivity contribution in [3.63, 3.8) is 0 Å². The number of aliphatic hydroxyl groups excluding tert-OH is 1. The minimum Gasteiger partial charge on any atom is -0.396 e. The van der Waals surface area contributed by atoms with Crippen molar-refractivity contribution in [3.8, 4) is 0 Å². The van der Waals surface area contributed by atoms with Gasteiger partial charge in [0.25, 0.3) is 5.91 Å². The number of thioether (sulfide) groups is 1. The summed E-state index contributed by atoms with van der Waals surface area (Å²) in [7, 11) is 0. The second-order valence-corrected chi connectivity index (χ2v) is 7.51. The van der Waals surface area contributed by atoms with Crippen LogP contribution in [0, 0.1) is 11.8 Å². The number of allylic oxidation sites excluding steroid dienone is 3. The molecule has 118 valence electrons. The summed E-state index contributed by atoms with van der Waals surface area (Å²) in [5, 5.41) is 9.85. The van der Waals surface area contributed by atoms with Crippen LogP contribution in [-0.4, -0.2) is 40.2 Å². The average molecular weight is 318 g/mol. The van der Waals surface area contributed by atoms with Crippen LogP contribution in [0.1, 0.15) is 32.6 Å². The lowest BCUT2D eigenvalue weighted by Gasteiger charge is -2.27. The molecule has 1 N–H and O–H groups in total. The number of amidine groups is 1. The molecule has 0 aromatic carbocycles. The molecule has 0 spiro atoms. The molecule has 5 heteroatoms. The number of aliphatic imine (C=N–C) groups is 2. The average Bonchev–Trinajstić information content (AvgIpc) is 2.54. The van der Waals surface area contributed by atoms with E-state index in [0.717, 1.165) is 24.1 Å². The molecule has 1 amide bonds. The maximum Gasteiger partial charge on any atom is 0.260 e. The SMILES string of the molecule is CC1=CC=CC2C(=O)N=C(CS[C@H]3CCC[C@@H](CO)C3)N=C12. The van der Waals surface area contributed by atoms with Crippen LogP contribution in [0.25, 0.3) is 0 Å². The van der Waals surface area contributed by atoms with Crippen LogP contribution in [0.15, 0.2) is 33.8 Å². The molecule has 1 fully saturated rings. The van der Waals surface area contributed by atoms with Gasteiger partial charge in [0.05, 0.1) is 11.5 Å². The van der Waals surface area contributed by atoms with E-state index in [2.05, 4.69) is 9.98 Å². The van der Waals surface area contributed by atoms with Gasteiger partial charge in [-0.2, -0.15) is 16.8 Å². The van der Waals surface area contributed by atoms with Gasteiger partial charge in [-0.1, -0.05) is 24.6 Å². The summed E-state index contributed by atoms with van der Waals surface area (Å²) in [5.41, 5.74) is 1.91. The van der Waals surface area contributed by atoms with Crippen LogP contribution in [0.3, 0.4) is 0 Å². The van der Waals surface area contributed by atoms with Crippen molar-refractivity contribution in [2.24, 2.45) is 21.8 Å². The molecule has 0 bridgehead atoms. The van der Waals surface area contributed by atoms with Gasteiger partial charge in [-0.05, 0) is 37.7 Å². The Morgan fingerprint density at radius 3 is 3.05 bits per heavy atom. The summed E-state index contributed by atoms with van der Waals surface area (Å²) in [4.78, 5) is 20.9. The molecule has 1 aliphatic heterocycles. The van der Waals surface area contributed by atoms with Crippen molar-refractivity contribution < 1.29 is 9.90 Å². The second-order valence-electron chi connectivity index (χ2n) is 6.22. The van der Waals surface area contributed by atoms with Crippen LogP contribution in [0.2, 0.25) is 0 Å². The van der Waals surface area contributed by atoms with Crippen molar-refractivity contribution in [2.75, 3.05) is 12.4 Å². The number of hydrogen-bond acceptors (Lipinski definition) is 4. The topological polar surface area (TPSA) is 62.0 Å². The Labute approximate surface area is 135 Å². The summed E-state index contributed by atoms with van der Waals surface area (Å²) in [6.07, 6.45) is 10.3. The van der Waals surface area contributed by atoms with Crippen molar-refractivity contribution in [2.45, 2.75) is 37.9 Å². The Hall–Kier alpha value is -1.20. The second kappa shape index (κ2) is 6.92. The van der Waals surface area contributed by atoms with Crippen LogP contribution in [-0.2, 0) is 4.79 Å². The quantitative estimate of drug-likeness (QED) is 0.867. The largest absolute Gasteiger partial charge is 0.396 e. The maximum atomic E-state index is 12.1. The molecule has 3 rings (SSSR count). The van der Waals surface area contributed by atoms with Gasteiger partial charge in [0.15, 0.2) is 0 Å². The lowest BCUT2D eigenvalue weighted by molar-refractivity contribution is -0.118. The fourth-order valence-electron chi connectivity index (χ4n) is 3.27. The molecular formula is C17H22N2O2S. The lowest BCUT2D eigenvalue weighted by Crippen LogP contribution is -2.30. The summed E-state index contributed by atoms with van der Waals surface area (Å²) < 4.78 is 0. The number of rotatable bonds is 4. The predicted molar refractivity (Wildman–Crippen MR) is 91.6 cm³/mol. The van der Waals surface area contributed by atoms with Crippen LogP contribution in [0.4, 0.5) is 0 Å². The fraction of sp³-hybridized carbons (Fsp3) is 0.588. The maximum absolute atomic E-state index is 12.1. The third kappa shape index (κ3) is 3.41. The predicted octanol–water partition coefficient (Wildman–Crippen LogP) is 2.78. The minimum atomic E-state index is -0.285. The summed E-state index contributed by atoms with van der Waals surface area (Å²) in [6, 6.07) is 0.